The van der Waals surface area contributed by atoms with Gasteiger partial charge in [-0.3, -0.25) is 0 Å². The van der Waals surface area contributed by atoms with Crippen molar-refractivity contribution in [2.75, 3.05) is 0 Å². The summed E-state index contributed by atoms with van der Waals surface area (Å²) in [6.45, 7) is 8.22. The molecule has 0 unspecified atom stereocenters. The Hall–Kier alpha value is -1.87. The molecule has 1 atom stereocenters. The number of ether oxygens (including phenoxy) is 1. The van der Waals surface area contributed by atoms with Crippen LogP contribution in [0.3, 0.4) is 0 Å². The second kappa shape index (κ2) is 5.63. The van der Waals surface area contributed by atoms with Crippen LogP contribution in [-0.2, 0) is 5.41 Å². The summed E-state index contributed by atoms with van der Waals surface area (Å²) in [7, 11) is 0. The SMILES string of the molecule is C[C@@H](O)c1ccnc(Oc2cccc(C(C)(C)C)c2)c1. The van der Waals surface area contributed by atoms with Crippen molar-refractivity contribution in [3.05, 3.63) is 53.7 Å². The van der Waals surface area contributed by atoms with Gasteiger partial charge in [-0.1, -0.05) is 32.9 Å². The van der Waals surface area contributed by atoms with Crippen molar-refractivity contribution < 1.29 is 9.84 Å². The molecule has 0 saturated carbocycles. The fourth-order valence-electron chi connectivity index (χ4n) is 1.89. The number of nitrogens with zero attached hydrogens (tertiary/aromatic N) is 1. The molecule has 106 valence electrons. The minimum absolute atomic E-state index is 0.0776. The first-order chi connectivity index (χ1) is 9.36. The topological polar surface area (TPSA) is 42.4 Å². The van der Waals surface area contributed by atoms with Gasteiger partial charge in [0.2, 0.25) is 5.88 Å². The maximum Gasteiger partial charge on any atom is 0.219 e. The lowest BCUT2D eigenvalue weighted by Gasteiger charge is -2.19. The first-order valence-electron chi connectivity index (χ1n) is 6.79. The first kappa shape index (κ1) is 14.5. The Labute approximate surface area is 120 Å². The molecule has 20 heavy (non-hydrogen) atoms. The molecule has 1 heterocycles. The van der Waals surface area contributed by atoms with Crippen molar-refractivity contribution in [3.63, 3.8) is 0 Å². The minimum Gasteiger partial charge on any atom is -0.439 e. The molecule has 0 aliphatic rings. The van der Waals surface area contributed by atoms with E-state index >= 15 is 0 Å². The van der Waals surface area contributed by atoms with Crippen LogP contribution < -0.4 is 4.74 Å². The summed E-state index contributed by atoms with van der Waals surface area (Å²) < 4.78 is 5.78. The van der Waals surface area contributed by atoms with Crippen LogP contribution >= 0.6 is 0 Å². The molecule has 3 nitrogen and oxygen atoms in total. The fourth-order valence-corrected chi connectivity index (χ4v) is 1.89. The number of hydrogen-bond acceptors (Lipinski definition) is 3. The van der Waals surface area contributed by atoms with E-state index in [1.807, 2.05) is 18.2 Å². The van der Waals surface area contributed by atoms with Crippen molar-refractivity contribution in [1.29, 1.82) is 0 Å². The molecule has 0 spiro atoms. The molecule has 0 saturated heterocycles. The van der Waals surface area contributed by atoms with E-state index in [9.17, 15) is 5.11 Å². The third-order valence-corrected chi connectivity index (χ3v) is 3.16. The maximum atomic E-state index is 9.58. The Bertz CT molecular complexity index is 586. The second-order valence-corrected chi connectivity index (χ2v) is 5.98. The van der Waals surface area contributed by atoms with E-state index in [-0.39, 0.29) is 5.41 Å². The van der Waals surface area contributed by atoms with Crippen LogP contribution in [0.25, 0.3) is 0 Å². The maximum absolute atomic E-state index is 9.58. The predicted octanol–water partition coefficient (Wildman–Crippen LogP) is 4.22. The third-order valence-electron chi connectivity index (χ3n) is 3.16. The highest BCUT2D eigenvalue weighted by Crippen LogP contribution is 2.28. The van der Waals surface area contributed by atoms with Gasteiger partial charge < -0.3 is 9.84 Å². The average Bonchev–Trinajstić information content (AvgIpc) is 2.38. The fraction of sp³-hybridized carbons (Fsp3) is 0.353. The zero-order valence-corrected chi connectivity index (χ0v) is 12.4. The summed E-state index contributed by atoms with van der Waals surface area (Å²) in [6, 6.07) is 11.5. The number of aromatic nitrogens is 1. The van der Waals surface area contributed by atoms with Crippen LogP contribution in [0.1, 0.15) is 44.9 Å². The predicted molar refractivity (Wildman–Crippen MR) is 80.1 cm³/mol. The molecule has 0 amide bonds. The van der Waals surface area contributed by atoms with Crippen molar-refractivity contribution in [2.45, 2.75) is 39.2 Å². The standard InChI is InChI=1S/C17H21NO2/c1-12(19)13-8-9-18-16(10-13)20-15-7-5-6-14(11-15)17(2,3)4/h5-12,19H,1-4H3/t12-/m1/s1. The highest BCUT2D eigenvalue weighted by Gasteiger charge is 2.14. The van der Waals surface area contributed by atoms with E-state index in [0.29, 0.717) is 5.88 Å². The Kier molecular flexibility index (Phi) is 4.09. The summed E-state index contributed by atoms with van der Waals surface area (Å²) in [5.41, 5.74) is 2.08. The van der Waals surface area contributed by atoms with Crippen molar-refractivity contribution in [1.82, 2.24) is 4.98 Å². The number of pyridine rings is 1. The molecule has 3 heteroatoms. The van der Waals surface area contributed by atoms with Crippen molar-refractivity contribution in [2.24, 2.45) is 0 Å². The molecule has 1 aromatic heterocycles. The van der Waals surface area contributed by atoms with Crippen LogP contribution in [0.15, 0.2) is 42.6 Å². The van der Waals surface area contributed by atoms with Gasteiger partial charge in [-0.2, -0.15) is 0 Å². The van der Waals surface area contributed by atoms with Gasteiger partial charge in [0, 0.05) is 12.3 Å². The third kappa shape index (κ3) is 3.58. The molecule has 0 fully saturated rings. The Morgan fingerprint density at radius 1 is 1.15 bits per heavy atom. The van der Waals surface area contributed by atoms with Gasteiger partial charge in [0.25, 0.3) is 0 Å². The number of benzene rings is 1. The van der Waals surface area contributed by atoms with Crippen LogP contribution in [-0.4, -0.2) is 10.1 Å². The molecule has 1 N–H and O–H groups in total. The summed E-state index contributed by atoms with van der Waals surface area (Å²) in [4.78, 5) is 4.18. The van der Waals surface area contributed by atoms with Crippen LogP contribution in [0.4, 0.5) is 0 Å². The van der Waals surface area contributed by atoms with Gasteiger partial charge >= 0.3 is 0 Å². The van der Waals surface area contributed by atoms with Gasteiger partial charge in [-0.05, 0) is 41.7 Å². The molecular formula is C17H21NO2. The molecule has 0 bridgehead atoms. The lowest BCUT2D eigenvalue weighted by molar-refractivity contribution is 0.198. The average molecular weight is 271 g/mol. The normalized spacial score (nSPS) is 13.1. The van der Waals surface area contributed by atoms with Crippen LogP contribution in [0, 0.1) is 0 Å². The van der Waals surface area contributed by atoms with Crippen molar-refractivity contribution >= 4 is 0 Å². The highest BCUT2D eigenvalue weighted by molar-refractivity contribution is 5.35. The number of aliphatic hydroxyl groups excluding tert-OH is 1. The van der Waals surface area contributed by atoms with Gasteiger partial charge in [-0.15, -0.1) is 0 Å². The van der Waals surface area contributed by atoms with Gasteiger partial charge in [0.15, 0.2) is 0 Å². The lowest BCUT2D eigenvalue weighted by Crippen LogP contribution is -2.10. The molecule has 2 aromatic rings. The Morgan fingerprint density at radius 2 is 1.90 bits per heavy atom. The van der Waals surface area contributed by atoms with Crippen LogP contribution in [0.5, 0.6) is 11.6 Å². The first-order valence-corrected chi connectivity index (χ1v) is 6.79. The smallest absolute Gasteiger partial charge is 0.219 e. The van der Waals surface area contributed by atoms with E-state index in [0.717, 1.165) is 11.3 Å². The van der Waals surface area contributed by atoms with E-state index in [1.165, 1.54) is 5.56 Å². The summed E-state index contributed by atoms with van der Waals surface area (Å²) in [5.74, 6) is 1.25. The monoisotopic (exact) mass is 271 g/mol. The molecule has 1 aromatic carbocycles. The van der Waals surface area contributed by atoms with E-state index < -0.39 is 6.10 Å². The van der Waals surface area contributed by atoms with Gasteiger partial charge in [0.05, 0.1) is 6.10 Å². The van der Waals surface area contributed by atoms with E-state index in [4.69, 9.17) is 4.74 Å². The summed E-state index contributed by atoms with van der Waals surface area (Å²) in [5, 5.41) is 9.58. The van der Waals surface area contributed by atoms with Crippen LogP contribution in [0.2, 0.25) is 0 Å². The number of hydrogen-bond donors (Lipinski definition) is 1. The molecule has 0 radical (unpaired) electrons. The summed E-state index contributed by atoms with van der Waals surface area (Å²) in [6.07, 6.45) is 1.12. The van der Waals surface area contributed by atoms with E-state index in [1.54, 1.807) is 25.3 Å². The molecular weight excluding hydrogens is 250 g/mol. The number of aliphatic hydroxyl groups is 1. The zero-order chi connectivity index (χ0) is 14.8. The quantitative estimate of drug-likeness (QED) is 0.908. The van der Waals surface area contributed by atoms with E-state index in [2.05, 4.69) is 31.8 Å². The molecule has 2 rings (SSSR count). The lowest BCUT2D eigenvalue weighted by atomic mass is 9.87. The zero-order valence-electron chi connectivity index (χ0n) is 12.4. The highest BCUT2D eigenvalue weighted by atomic mass is 16.5. The summed E-state index contributed by atoms with van der Waals surface area (Å²) >= 11 is 0. The van der Waals surface area contributed by atoms with Gasteiger partial charge in [0.1, 0.15) is 5.75 Å². The largest absolute Gasteiger partial charge is 0.439 e. The Balaban J connectivity index is 2.24. The minimum atomic E-state index is -0.527. The molecule has 0 aliphatic carbocycles. The Morgan fingerprint density at radius 3 is 2.55 bits per heavy atom. The second-order valence-electron chi connectivity index (χ2n) is 5.98. The number of rotatable bonds is 3. The molecule has 0 aliphatic heterocycles. The van der Waals surface area contributed by atoms with Crippen molar-refractivity contribution in [3.8, 4) is 11.6 Å². The van der Waals surface area contributed by atoms with Gasteiger partial charge in [-0.25, -0.2) is 4.98 Å².